The summed E-state index contributed by atoms with van der Waals surface area (Å²) in [5.41, 5.74) is 4.57. The number of fused-ring (bicyclic) bond motifs is 1. The highest BCUT2D eigenvalue weighted by atomic mass is 14.9. The topological polar surface area (TPSA) is 24.1 Å². The second-order valence-corrected chi connectivity index (χ2v) is 6.05. The fraction of sp³-hybridized carbons (Fsp3) is 0.647. The van der Waals surface area contributed by atoms with Crippen LogP contribution in [0.5, 0.6) is 0 Å². The van der Waals surface area contributed by atoms with Gasteiger partial charge >= 0.3 is 0 Å². The maximum Gasteiger partial charge on any atom is 0.0208 e. The standard InChI is InChI=1S/C17H28N2/c1-14(2)6-3-4-10-18-12-15-7-5-8-16-13-19-11-9-17(15)16/h5,7-8,14,18-19H,3-4,6,9-13H2,1-2H3. The summed E-state index contributed by atoms with van der Waals surface area (Å²) in [6.07, 6.45) is 5.19. The largest absolute Gasteiger partial charge is 0.313 e. The van der Waals surface area contributed by atoms with Crippen LogP contribution < -0.4 is 10.6 Å². The van der Waals surface area contributed by atoms with Gasteiger partial charge < -0.3 is 10.6 Å². The molecule has 0 fully saturated rings. The third-order valence-corrected chi connectivity index (χ3v) is 3.94. The highest BCUT2D eigenvalue weighted by Crippen LogP contribution is 2.18. The van der Waals surface area contributed by atoms with Gasteiger partial charge in [0.25, 0.3) is 0 Å². The molecule has 1 aromatic rings. The van der Waals surface area contributed by atoms with Crippen molar-refractivity contribution in [3.05, 3.63) is 34.9 Å². The van der Waals surface area contributed by atoms with Gasteiger partial charge in [-0.05, 0) is 48.5 Å². The molecule has 0 saturated carbocycles. The van der Waals surface area contributed by atoms with Crippen LogP contribution in [0.2, 0.25) is 0 Å². The molecule has 0 aliphatic carbocycles. The Hall–Kier alpha value is -0.860. The quantitative estimate of drug-likeness (QED) is 0.735. The summed E-state index contributed by atoms with van der Waals surface area (Å²) < 4.78 is 0. The number of hydrogen-bond acceptors (Lipinski definition) is 2. The molecule has 2 heteroatoms. The van der Waals surface area contributed by atoms with Crippen LogP contribution >= 0.6 is 0 Å². The molecular weight excluding hydrogens is 232 g/mol. The Kier molecular flexibility index (Phi) is 5.87. The summed E-state index contributed by atoms with van der Waals surface area (Å²) >= 11 is 0. The Morgan fingerprint density at radius 1 is 1.26 bits per heavy atom. The van der Waals surface area contributed by atoms with Gasteiger partial charge in [-0.15, -0.1) is 0 Å². The van der Waals surface area contributed by atoms with Crippen LogP contribution in [0.4, 0.5) is 0 Å². The van der Waals surface area contributed by atoms with E-state index >= 15 is 0 Å². The van der Waals surface area contributed by atoms with Gasteiger partial charge in [0.2, 0.25) is 0 Å². The normalized spacial score (nSPS) is 14.7. The molecule has 1 aromatic carbocycles. The first-order valence-corrected chi connectivity index (χ1v) is 7.78. The van der Waals surface area contributed by atoms with Crippen molar-refractivity contribution in [2.75, 3.05) is 13.1 Å². The number of unbranched alkanes of at least 4 members (excludes halogenated alkanes) is 1. The summed E-state index contributed by atoms with van der Waals surface area (Å²) in [4.78, 5) is 0. The molecule has 2 N–H and O–H groups in total. The van der Waals surface area contributed by atoms with Gasteiger partial charge in [-0.25, -0.2) is 0 Å². The highest BCUT2D eigenvalue weighted by molar-refractivity contribution is 5.36. The molecule has 19 heavy (non-hydrogen) atoms. The van der Waals surface area contributed by atoms with Crippen LogP contribution in [-0.4, -0.2) is 13.1 Å². The third-order valence-electron chi connectivity index (χ3n) is 3.94. The molecule has 2 rings (SSSR count). The van der Waals surface area contributed by atoms with Crippen LogP contribution in [0.3, 0.4) is 0 Å². The van der Waals surface area contributed by atoms with E-state index in [0.717, 1.165) is 32.1 Å². The maximum absolute atomic E-state index is 3.61. The summed E-state index contributed by atoms with van der Waals surface area (Å²) in [5, 5.41) is 7.05. The summed E-state index contributed by atoms with van der Waals surface area (Å²) in [7, 11) is 0. The van der Waals surface area contributed by atoms with E-state index in [0.29, 0.717) is 0 Å². The SMILES string of the molecule is CC(C)CCCCNCc1cccc2c1CCNC2. The highest BCUT2D eigenvalue weighted by Gasteiger charge is 2.11. The van der Waals surface area contributed by atoms with E-state index in [2.05, 4.69) is 42.7 Å². The van der Waals surface area contributed by atoms with Crippen LogP contribution in [0.1, 0.15) is 49.8 Å². The van der Waals surface area contributed by atoms with E-state index < -0.39 is 0 Å². The predicted octanol–water partition coefficient (Wildman–Crippen LogP) is 3.25. The molecule has 0 unspecified atom stereocenters. The van der Waals surface area contributed by atoms with E-state index in [1.807, 2.05) is 0 Å². The second-order valence-electron chi connectivity index (χ2n) is 6.05. The second kappa shape index (κ2) is 7.66. The van der Waals surface area contributed by atoms with Crippen molar-refractivity contribution < 1.29 is 0 Å². The zero-order valence-electron chi connectivity index (χ0n) is 12.5. The molecule has 0 atom stereocenters. The lowest BCUT2D eigenvalue weighted by Crippen LogP contribution is -2.26. The van der Waals surface area contributed by atoms with Gasteiger partial charge in [-0.3, -0.25) is 0 Å². The molecule has 0 amide bonds. The minimum atomic E-state index is 0.841. The van der Waals surface area contributed by atoms with Crippen molar-refractivity contribution in [3.63, 3.8) is 0 Å². The monoisotopic (exact) mass is 260 g/mol. The van der Waals surface area contributed by atoms with Crippen molar-refractivity contribution in [2.45, 2.75) is 52.6 Å². The zero-order chi connectivity index (χ0) is 13.5. The molecule has 0 aromatic heterocycles. The first-order valence-electron chi connectivity index (χ1n) is 7.78. The van der Waals surface area contributed by atoms with Crippen molar-refractivity contribution in [1.82, 2.24) is 10.6 Å². The minimum absolute atomic E-state index is 0.841. The molecule has 1 aliphatic heterocycles. The van der Waals surface area contributed by atoms with E-state index in [4.69, 9.17) is 0 Å². The average molecular weight is 260 g/mol. The maximum atomic E-state index is 3.61. The predicted molar refractivity (Wildman–Crippen MR) is 82.2 cm³/mol. The number of nitrogens with one attached hydrogen (secondary N) is 2. The zero-order valence-corrected chi connectivity index (χ0v) is 12.5. The van der Waals surface area contributed by atoms with Crippen LogP contribution in [-0.2, 0) is 19.5 Å². The number of rotatable bonds is 7. The molecule has 1 aliphatic rings. The Labute approximate surface area is 118 Å². The first kappa shape index (κ1) is 14.5. The number of hydrogen-bond donors (Lipinski definition) is 2. The van der Waals surface area contributed by atoms with Gasteiger partial charge in [-0.2, -0.15) is 0 Å². The molecule has 0 bridgehead atoms. The number of benzene rings is 1. The minimum Gasteiger partial charge on any atom is -0.313 e. The van der Waals surface area contributed by atoms with Crippen molar-refractivity contribution in [3.8, 4) is 0 Å². The Morgan fingerprint density at radius 3 is 3.00 bits per heavy atom. The van der Waals surface area contributed by atoms with E-state index in [1.54, 1.807) is 5.56 Å². The van der Waals surface area contributed by atoms with Crippen molar-refractivity contribution in [2.24, 2.45) is 5.92 Å². The summed E-state index contributed by atoms with van der Waals surface area (Å²) in [6.45, 7) is 8.95. The van der Waals surface area contributed by atoms with Gasteiger partial charge in [0.15, 0.2) is 0 Å². The van der Waals surface area contributed by atoms with Crippen molar-refractivity contribution in [1.29, 1.82) is 0 Å². The lowest BCUT2D eigenvalue weighted by molar-refractivity contribution is 0.519. The lowest BCUT2D eigenvalue weighted by Gasteiger charge is -2.20. The summed E-state index contributed by atoms with van der Waals surface area (Å²) in [6, 6.07) is 6.74. The average Bonchev–Trinajstić information content (AvgIpc) is 2.42. The Balaban J connectivity index is 1.74. The van der Waals surface area contributed by atoms with Crippen LogP contribution in [0.15, 0.2) is 18.2 Å². The van der Waals surface area contributed by atoms with Gasteiger partial charge in [0.05, 0.1) is 0 Å². The third kappa shape index (κ3) is 4.63. The first-order chi connectivity index (χ1) is 9.27. The van der Waals surface area contributed by atoms with Gasteiger partial charge in [-0.1, -0.05) is 44.9 Å². The fourth-order valence-corrected chi connectivity index (χ4v) is 2.80. The molecule has 1 heterocycles. The van der Waals surface area contributed by atoms with Crippen molar-refractivity contribution >= 4 is 0 Å². The summed E-state index contributed by atoms with van der Waals surface area (Å²) in [5.74, 6) is 0.841. The van der Waals surface area contributed by atoms with E-state index in [9.17, 15) is 0 Å². The fourth-order valence-electron chi connectivity index (χ4n) is 2.80. The molecule has 2 nitrogen and oxygen atoms in total. The molecule has 0 saturated heterocycles. The molecule has 0 spiro atoms. The Bertz CT molecular complexity index is 385. The van der Waals surface area contributed by atoms with Gasteiger partial charge in [0.1, 0.15) is 0 Å². The van der Waals surface area contributed by atoms with Crippen LogP contribution in [0.25, 0.3) is 0 Å². The van der Waals surface area contributed by atoms with Gasteiger partial charge in [0, 0.05) is 13.1 Å². The molecular formula is C17H28N2. The Morgan fingerprint density at radius 2 is 2.16 bits per heavy atom. The van der Waals surface area contributed by atoms with E-state index in [1.165, 1.54) is 36.8 Å². The molecule has 106 valence electrons. The van der Waals surface area contributed by atoms with Crippen LogP contribution in [0, 0.1) is 5.92 Å². The molecule has 0 radical (unpaired) electrons. The van der Waals surface area contributed by atoms with E-state index in [-0.39, 0.29) is 0 Å². The smallest absolute Gasteiger partial charge is 0.0208 e. The lowest BCUT2D eigenvalue weighted by atomic mass is 9.95.